The largest absolute Gasteiger partial charge is 0.392 e. The third kappa shape index (κ3) is 2.71. The van der Waals surface area contributed by atoms with E-state index >= 15 is 0 Å². The number of rotatable bonds is 3. The quantitative estimate of drug-likeness (QED) is 0.817. The van der Waals surface area contributed by atoms with Gasteiger partial charge in [0.2, 0.25) is 0 Å². The first kappa shape index (κ1) is 12.6. The van der Waals surface area contributed by atoms with Gasteiger partial charge in [-0.1, -0.05) is 39.5 Å². The molecule has 0 atom stereocenters. The summed E-state index contributed by atoms with van der Waals surface area (Å²) in [7, 11) is 0. The summed E-state index contributed by atoms with van der Waals surface area (Å²) in [6, 6.07) is 0.551. The van der Waals surface area contributed by atoms with Gasteiger partial charge in [-0.05, 0) is 18.8 Å². The third-order valence-corrected chi connectivity index (χ3v) is 3.80. The van der Waals surface area contributed by atoms with Gasteiger partial charge in [-0.3, -0.25) is 4.68 Å². The fourth-order valence-corrected chi connectivity index (χ4v) is 2.96. The van der Waals surface area contributed by atoms with Crippen LogP contribution in [0.4, 0.5) is 0 Å². The van der Waals surface area contributed by atoms with Crippen LogP contribution in [0.1, 0.15) is 75.6 Å². The van der Waals surface area contributed by atoms with Crippen molar-refractivity contribution < 1.29 is 5.11 Å². The lowest BCUT2D eigenvalue weighted by Gasteiger charge is -2.20. The van der Waals surface area contributed by atoms with E-state index in [0.717, 1.165) is 5.56 Å². The predicted octanol–water partition coefficient (Wildman–Crippen LogP) is 3.39. The zero-order chi connectivity index (χ0) is 12.3. The molecule has 3 heteroatoms. The Hall–Kier alpha value is -0.830. The highest BCUT2D eigenvalue weighted by atomic mass is 16.3. The molecule has 1 aromatic heterocycles. The molecule has 0 amide bonds. The minimum atomic E-state index is 0.111. The van der Waals surface area contributed by atoms with Gasteiger partial charge in [-0.2, -0.15) is 5.10 Å². The second-order valence-electron chi connectivity index (χ2n) is 5.46. The molecule has 0 bridgehead atoms. The molecule has 1 aliphatic rings. The highest BCUT2D eigenvalue weighted by Gasteiger charge is 2.21. The molecule has 0 unspecified atom stereocenters. The smallest absolute Gasteiger partial charge is 0.0715 e. The second kappa shape index (κ2) is 5.67. The average molecular weight is 236 g/mol. The highest BCUT2D eigenvalue weighted by Crippen LogP contribution is 2.31. The van der Waals surface area contributed by atoms with Crippen LogP contribution in [0.25, 0.3) is 0 Å². The fourth-order valence-electron chi connectivity index (χ4n) is 2.96. The molecule has 0 saturated heterocycles. The van der Waals surface area contributed by atoms with Crippen molar-refractivity contribution in [1.29, 1.82) is 0 Å². The molecule has 1 heterocycles. The van der Waals surface area contributed by atoms with E-state index in [1.165, 1.54) is 44.2 Å². The first-order chi connectivity index (χ1) is 8.24. The maximum Gasteiger partial charge on any atom is 0.0715 e. The molecule has 96 valence electrons. The van der Waals surface area contributed by atoms with Gasteiger partial charge in [0.15, 0.2) is 0 Å². The zero-order valence-electron chi connectivity index (χ0n) is 11.0. The number of hydrogen-bond acceptors (Lipinski definition) is 2. The molecule has 1 N–H and O–H groups in total. The van der Waals surface area contributed by atoms with Crippen LogP contribution in [-0.4, -0.2) is 14.9 Å². The van der Waals surface area contributed by atoms with Crippen molar-refractivity contribution in [3.05, 3.63) is 17.5 Å². The van der Waals surface area contributed by atoms with E-state index < -0.39 is 0 Å². The van der Waals surface area contributed by atoms with Crippen LogP contribution in [-0.2, 0) is 6.61 Å². The highest BCUT2D eigenvalue weighted by molar-refractivity contribution is 5.20. The molecule has 2 rings (SSSR count). The number of aliphatic hydroxyl groups excluding tert-OH is 1. The van der Waals surface area contributed by atoms with E-state index in [-0.39, 0.29) is 6.61 Å². The average Bonchev–Trinajstić information content (AvgIpc) is 2.56. The van der Waals surface area contributed by atoms with E-state index in [9.17, 15) is 5.11 Å². The van der Waals surface area contributed by atoms with Crippen LogP contribution in [0.5, 0.6) is 0 Å². The van der Waals surface area contributed by atoms with Crippen LogP contribution >= 0.6 is 0 Å². The van der Waals surface area contributed by atoms with Crippen molar-refractivity contribution in [2.45, 2.75) is 70.9 Å². The number of hydrogen-bond donors (Lipinski definition) is 1. The lowest BCUT2D eigenvalue weighted by molar-refractivity contribution is 0.279. The lowest BCUT2D eigenvalue weighted by atomic mass is 10.0. The molecular weight excluding hydrogens is 212 g/mol. The Bertz CT molecular complexity index is 349. The number of nitrogens with zero attached hydrogens (tertiary/aromatic N) is 2. The molecule has 0 spiro atoms. The predicted molar refractivity (Wildman–Crippen MR) is 69.0 cm³/mol. The third-order valence-electron chi connectivity index (χ3n) is 3.80. The topological polar surface area (TPSA) is 38.1 Å². The van der Waals surface area contributed by atoms with Gasteiger partial charge >= 0.3 is 0 Å². The summed E-state index contributed by atoms with van der Waals surface area (Å²) >= 11 is 0. The van der Waals surface area contributed by atoms with Crippen molar-refractivity contribution in [1.82, 2.24) is 9.78 Å². The van der Waals surface area contributed by atoms with E-state index in [0.29, 0.717) is 12.0 Å². The molecule has 1 saturated carbocycles. The van der Waals surface area contributed by atoms with Crippen molar-refractivity contribution in [2.24, 2.45) is 0 Å². The Morgan fingerprint density at radius 2 is 1.94 bits per heavy atom. The molecular formula is C14H24N2O. The Morgan fingerprint density at radius 3 is 2.47 bits per heavy atom. The monoisotopic (exact) mass is 236 g/mol. The molecule has 1 fully saturated rings. The van der Waals surface area contributed by atoms with Gasteiger partial charge in [0, 0.05) is 11.3 Å². The van der Waals surface area contributed by atoms with Crippen LogP contribution < -0.4 is 0 Å². The van der Waals surface area contributed by atoms with Crippen molar-refractivity contribution in [2.75, 3.05) is 0 Å². The molecule has 17 heavy (non-hydrogen) atoms. The minimum absolute atomic E-state index is 0.111. The molecule has 0 radical (unpaired) electrons. The SMILES string of the molecule is CC(C)c1c(CO)cnn1C1CCCCCC1. The summed E-state index contributed by atoms with van der Waals surface area (Å²) in [5.74, 6) is 0.433. The van der Waals surface area contributed by atoms with Gasteiger partial charge < -0.3 is 5.11 Å². The maximum atomic E-state index is 9.38. The number of aliphatic hydroxyl groups is 1. The van der Waals surface area contributed by atoms with Crippen LogP contribution in [0, 0.1) is 0 Å². The van der Waals surface area contributed by atoms with E-state index in [1.54, 1.807) is 0 Å². The Kier molecular flexibility index (Phi) is 4.21. The van der Waals surface area contributed by atoms with E-state index in [4.69, 9.17) is 0 Å². The molecule has 1 aliphatic carbocycles. The zero-order valence-corrected chi connectivity index (χ0v) is 11.0. The Morgan fingerprint density at radius 1 is 1.29 bits per heavy atom. The van der Waals surface area contributed by atoms with Crippen molar-refractivity contribution >= 4 is 0 Å². The van der Waals surface area contributed by atoms with Crippen LogP contribution in [0.15, 0.2) is 6.20 Å². The molecule has 0 aromatic carbocycles. The summed E-state index contributed by atoms with van der Waals surface area (Å²) < 4.78 is 2.20. The summed E-state index contributed by atoms with van der Waals surface area (Å²) in [6.45, 7) is 4.48. The number of aromatic nitrogens is 2. The maximum absolute atomic E-state index is 9.38. The molecule has 3 nitrogen and oxygen atoms in total. The fraction of sp³-hybridized carbons (Fsp3) is 0.786. The summed E-state index contributed by atoms with van der Waals surface area (Å²) in [5, 5.41) is 13.9. The van der Waals surface area contributed by atoms with Gasteiger partial charge in [0.1, 0.15) is 0 Å². The molecule has 1 aromatic rings. The van der Waals surface area contributed by atoms with Gasteiger partial charge in [-0.25, -0.2) is 0 Å². The second-order valence-corrected chi connectivity index (χ2v) is 5.46. The molecule has 0 aliphatic heterocycles. The van der Waals surface area contributed by atoms with Gasteiger partial charge in [0.05, 0.1) is 18.8 Å². The minimum Gasteiger partial charge on any atom is -0.392 e. The summed E-state index contributed by atoms with van der Waals surface area (Å²) in [6.07, 6.45) is 9.69. The van der Waals surface area contributed by atoms with E-state index in [2.05, 4.69) is 23.6 Å². The lowest BCUT2D eigenvalue weighted by Crippen LogP contribution is -2.14. The van der Waals surface area contributed by atoms with Gasteiger partial charge in [-0.15, -0.1) is 0 Å². The summed E-state index contributed by atoms with van der Waals surface area (Å²) in [5.41, 5.74) is 2.24. The van der Waals surface area contributed by atoms with Crippen molar-refractivity contribution in [3.63, 3.8) is 0 Å². The Balaban J connectivity index is 2.26. The normalized spacial score (nSPS) is 18.6. The van der Waals surface area contributed by atoms with Crippen LogP contribution in [0.2, 0.25) is 0 Å². The Labute approximate surface area is 104 Å². The summed E-state index contributed by atoms with van der Waals surface area (Å²) in [4.78, 5) is 0. The van der Waals surface area contributed by atoms with Crippen molar-refractivity contribution in [3.8, 4) is 0 Å². The van der Waals surface area contributed by atoms with Crippen LogP contribution in [0.3, 0.4) is 0 Å². The standard InChI is InChI=1S/C14H24N2O/c1-11(2)14-12(10-17)9-15-16(14)13-7-5-3-4-6-8-13/h9,11,13,17H,3-8,10H2,1-2H3. The first-order valence-corrected chi connectivity index (χ1v) is 6.91. The van der Waals surface area contributed by atoms with Gasteiger partial charge in [0.25, 0.3) is 0 Å². The van der Waals surface area contributed by atoms with E-state index in [1.807, 2.05) is 6.20 Å². The first-order valence-electron chi connectivity index (χ1n) is 6.91.